The molecule has 2 aliphatic heterocycles. The standard InChI is InChI=1S/C24H24N2O4/c27-19-13-15(25-9-1-2-10-25)5-7-17(19)21-23(29)22(24(21)30)18-8-6-16(14-20(18)28)26-11-3-4-12-26/h5-8,13-14H,1-4,9-12H2,(H2-,27,28,29). The summed E-state index contributed by atoms with van der Waals surface area (Å²) in [6.45, 7) is 3.77. The minimum absolute atomic E-state index is 0.0153. The lowest BCUT2D eigenvalue weighted by Gasteiger charge is -2.23. The first-order chi connectivity index (χ1) is 14.5. The lowest BCUT2D eigenvalue weighted by molar-refractivity contribution is -0.288. The summed E-state index contributed by atoms with van der Waals surface area (Å²) in [4.78, 5) is 4.35. The van der Waals surface area contributed by atoms with Crippen molar-refractivity contribution >= 4 is 11.4 Å². The predicted octanol–water partition coefficient (Wildman–Crippen LogP) is 3.22. The number of hydrogen-bond donors (Lipinski definition) is 2. The number of rotatable bonds is 4. The minimum Gasteiger partial charge on any atom is -0.824 e. The molecule has 0 amide bonds. The molecule has 3 aromatic rings. The van der Waals surface area contributed by atoms with E-state index in [0.29, 0.717) is 0 Å². The zero-order chi connectivity index (χ0) is 20.8. The Morgan fingerprint density at radius 3 is 1.80 bits per heavy atom. The molecule has 2 N–H and O–H groups in total. The van der Waals surface area contributed by atoms with E-state index in [9.17, 15) is 20.4 Å². The molecule has 2 fully saturated rings. The number of phenols is 2. The zero-order valence-electron chi connectivity index (χ0n) is 16.7. The summed E-state index contributed by atoms with van der Waals surface area (Å²) in [6, 6.07) is 10.2. The molecule has 5 rings (SSSR count). The third kappa shape index (κ3) is 2.95. The van der Waals surface area contributed by atoms with Crippen LogP contribution in [0, 0.1) is 0 Å². The Hall–Kier alpha value is -3.28. The molecule has 2 heterocycles. The van der Waals surface area contributed by atoms with Crippen LogP contribution in [0.2, 0.25) is 0 Å². The van der Waals surface area contributed by atoms with Crippen molar-refractivity contribution in [3.8, 4) is 45.3 Å². The molecule has 0 aliphatic carbocycles. The van der Waals surface area contributed by atoms with Gasteiger partial charge in [-0.15, -0.1) is 0 Å². The zero-order valence-corrected chi connectivity index (χ0v) is 16.7. The van der Waals surface area contributed by atoms with Gasteiger partial charge in [0.1, 0.15) is 11.1 Å². The number of anilines is 2. The quantitative estimate of drug-likeness (QED) is 0.649. The molecule has 30 heavy (non-hydrogen) atoms. The molecule has 0 saturated carbocycles. The van der Waals surface area contributed by atoms with Crippen molar-refractivity contribution in [2.45, 2.75) is 25.7 Å². The van der Waals surface area contributed by atoms with Crippen molar-refractivity contribution < 1.29 is 20.4 Å². The number of nitrogens with zero attached hydrogens (tertiary/aromatic N) is 2. The normalized spacial score (nSPS) is 16.7. The molecule has 2 saturated heterocycles. The Balaban J connectivity index is 1.45. The van der Waals surface area contributed by atoms with Gasteiger partial charge >= 0.3 is 0 Å². The number of hydrogen-bond acceptors (Lipinski definition) is 6. The van der Waals surface area contributed by atoms with Gasteiger partial charge in [-0.05, 0) is 37.8 Å². The highest BCUT2D eigenvalue weighted by Crippen LogP contribution is 2.55. The first-order valence-corrected chi connectivity index (χ1v) is 10.5. The fraction of sp³-hybridized carbons (Fsp3) is 0.333. The van der Waals surface area contributed by atoms with Crippen LogP contribution < -0.4 is 20.0 Å². The predicted molar refractivity (Wildman–Crippen MR) is 114 cm³/mol. The lowest BCUT2D eigenvalue weighted by atomic mass is 9.88. The van der Waals surface area contributed by atoms with Crippen LogP contribution >= 0.6 is 0 Å². The Bertz CT molecular complexity index is 970. The van der Waals surface area contributed by atoms with Gasteiger partial charge in [-0.1, -0.05) is 0 Å². The van der Waals surface area contributed by atoms with Gasteiger partial charge in [-0.3, -0.25) is 0 Å². The van der Waals surface area contributed by atoms with Crippen LogP contribution in [0.3, 0.4) is 0 Å². The number of aromatic hydroxyl groups is 2. The smallest absolute Gasteiger partial charge is 0.224 e. The molecule has 0 unspecified atom stereocenters. The van der Waals surface area contributed by atoms with Crippen LogP contribution in [0.5, 0.6) is 23.0 Å². The summed E-state index contributed by atoms with van der Waals surface area (Å²) in [6.07, 6.45) is 4.48. The maximum Gasteiger partial charge on any atom is 0.224 e. The molecule has 0 atom stereocenters. The Kier molecular flexibility index (Phi) is 4.50. The summed E-state index contributed by atoms with van der Waals surface area (Å²) in [5.74, 6) is -1.01. The number of benzene rings is 2. The summed E-state index contributed by atoms with van der Waals surface area (Å²) in [5.41, 5.74) is 2.27. The Morgan fingerprint density at radius 1 is 0.767 bits per heavy atom. The average molecular weight is 404 g/mol. The Morgan fingerprint density at radius 2 is 1.30 bits per heavy atom. The van der Waals surface area contributed by atoms with Crippen molar-refractivity contribution in [2.24, 2.45) is 0 Å². The van der Waals surface area contributed by atoms with Gasteiger partial charge in [0, 0.05) is 56.1 Å². The molecular weight excluding hydrogens is 380 g/mol. The largest absolute Gasteiger partial charge is 0.824 e. The van der Waals surface area contributed by atoms with Gasteiger partial charge < -0.3 is 30.2 Å². The van der Waals surface area contributed by atoms with Gasteiger partial charge in [-0.2, -0.15) is 0 Å². The van der Waals surface area contributed by atoms with Crippen molar-refractivity contribution in [3.05, 3.63) is 36.4 Å². The van der Waals surface area contributed by atoms with Crippen LogP contribution in [0.4, 0.5) is 11.4 Å². The minimum atomic E-state index is -0.437. The summed E-state index contributed by atoms with van der Waals surface area (Å²) in [5, 5.41) is 46.6. The molecule has 0 spiro atoms. The topological polar surface area (TPSA) is 93.1 Å². The fourth-order valence-corrected chi connectivity index (χ4v) is 4.69. The molecule has 0 aromatic heterocycles. The van der Waals surface area contributed by atoms with Crippen LogP contribution in [-0.4, -0.2) is 36.4 Å². The SMILES string of the molecule is [O-]c1c(-c2ccc(N3CCCC3)cc2O)[c+]([O-])[c+]1-c1ccc(N2CCCC2)cc1O. The maximum atomic E-state index is 12.8. The van der Waals surface area contributed by atoms with E-state index in [1.807, 2.05) is 12.1 Å². The van der Waals surface area contributed by atoms with E-state index in [0.717, 1.165) is 63.2 Å². The molecule has 2 aliphatic rings. The first kappa shape index (κ1) is 18.7. The second-order valence-corrected chi connectivity index (χ2v) is 8.20. The molecule has 3 aromatic carbocycles. The molecule has 6 heteroatoms. The van der Waals surface area contributed by atoms with E-state index in [1.165, 1.54) is 0 Å². The van der Waals surface area contributed by atoms with E-state index >= 15 is 0 Å². The molecule has 6 nitrogen and oxygen atoms in total. The molecule has 0 bridgehead atoms. The molecular formula is C24H24N2O4. The van der Waals surface area contributed by atoms with Gasteiger partial charge in [-0.25, -0.2) is 0 Å². The van der Waals surface area contributed by atoms with Gasteiger partial charge in [0.05, 0.1) is 17.2 Å². The van der Waals surface area contributed by atoms with Crippen molar-refractivity contribution in [3.63, 3.8) is 0 Å². The van der Waals surface area contributed by atoms with Gasteiger partial charge in [0.2, 0.25) is 5.75 Å². The second-order valence-electron chi connectivity index (χ2n) is 8.20. The van der Waals surface area contributed by atoms with Crippen molar-refractivity contribution in [2.75, 3.05) is 36.0 Å². The van der Waals surface area contributed by atoms with E-state index in [4.69, 9.17) is 0 Å². The lowest BCUT2D eigenvalue weighted by Crippen LogP contribution is -2.17. The van der Waals surface area contributed by atoms with Crippen LogP contribution in [0.1, 0.15) is 25.7 Å². The maximum absolute atomic E-state index is 12.8. The van der Waals surface area contributed by atoms with E-state index in [1.54, 1.807) is 24.3 Å². The third-order valence-corrected chi connectivity index (χ3v) is 6.35. The van der Waals surface area contributed by atoms with Crippen LogP contribution in [0.15, 0.2) is 36.4 Å². The molecule has 154 valence electrons. The highest BCUT2D eigenvalue weighted by molar-refractivity contribution is 6.00. The first-order valence-electron chi connectivity index (χ1n) is 10.5. The highest BCUT2D eigenvalue weighted by Gasteiger charge is 2.33. The van der Waals surface area contributed by atoms with E-state index in [2.05, 4.69) is 9.80 Å². The van der Waals surface area contributed by atoms with Crippen LogP contribution in [-0.2, 0) is 0 Å². The van der Waals surface area contributed by atoms with Gasteiger partial charge in [0.15, 0.2) is 16.9 Å². The molecule has 0 radical (unpaired) electrons. The second kappa shape index (κ2) is 7.20. The fourth-order valence-electron chi connectivity index (χ4n) is 4.69. The van der Waals surface area contributed by atoms with E-state index < -0.39 is 11.5 Å². The van der Waals surface area contributed by atoms with Crippen molar-refractivity contribution in [1.82, 2.24) is 0 Å². The average Bonchev–Trinajstić information content (AvgIpc) is 3.45. The third-order valence-electron chi connectivity index (χ3n) is 6.35. The summed E-state index contributed by atoms with van der Waals surface area (Å²) in [7, 11) is 0. The number of phenolic OH excluding ortho intramolecular Hbond substituents is 2. The summed E-state index contributed by atoms with van der Waals surface area (Å²) >= 11 is 0. The Labute approximate surface area is 175 Å². The van der Waals surface area contributed by atoms with Crippen LogP contribution in [0.25, 0.3) is 22.3 Å². The monoisotopic (exact) mass is 404 g/mol. The van der Waals surface area contributed by atoms with E-state index in [-0.39, 0.29) is 33.8 Å². The van der Waals surface area contributed by atoms with Gasteiger partial charge in [0.25, 0.3) is 0 Å². The summed E-state index contributed by atoms with van der Waals surface area (Å²) < 4.78 is 0. The van der Waals surface area contributed by atoms with Crippen molar-refractivity contribution in [1.29, 1.82) is 0 Å². The highest BCUT2D eigenvalue weighted by atomic mass is 16.3.